The molecular weight excluding hydrogens is 171 g/mol. The van der Waals surface area contributed by atoms with Crippen molar-refractivity contribution in [3.63, 3.8) is 0 Å². The summed E-state index contributed by atoms with van der Waals surface area (Å²) in [6.07, 6.45) is 0. The van der Waals surface area contributed by atoms with Gasteiger partial charge in [-0.25, -0.2) is 4.39 Å². The molecule has 0 heterocycles. The normalized spacial score (nSPS) is 9.31. The Balaban J connectivity index is 3.50. The van der Waals surface area contributed by atoms with E-state index < -0.39 is 5.82 Å². The van der Waals surface area contributed by atoms with Crippen LogP contribution in [0.5, 0.6) is 0 Å². The average Bonchev–Trinajstić information content (AvgIpc) is 2.09. The zero-order valence-electron chi connectivity index (χ0n) is 6.97. The molecule has 2 N–H and O–H groups in total. The maximum atomic E-state index is 12.8. The van der Waals surface area contributed by atoms with Gasteiger partial charge in [0.25, 0.3) is 0 Å². The molecule has 0 atom stereocenters. The summed E-state index contributed by atoms with van der Waals surface area (Å²) < 4.78 is 12.8. The fraction of sp³-hybridized carbons (Fsp3) is 0.111. The third kappa shape index (κ3) is 1.49. The van der Waals surface area contributed by atoms with E-state index in [1.54, 1.807) is 6.07 Å². The quantitative estimate of drug-likeness (QED) is 0.523. The molecule has 0 unspecified atom stereocenters. The van der Waals surface area contributed by atoms with Crippen LogP contribution in [0.2, 0.25) is 0 Å². The number of nitrogens with zero attached hydrogens (tertiary/aromatic N) is 1. The number of halogens is 1. The molecule has 0 aliphatic heterocycles. The van der Waals surface area contributed by atoms with E-state index >= 15 is 0 Å². The van der Waals surface area contributed by atoms with Gasteiger partial charge in [-0.15, -0.1) is 0 Å². The van der Waals surface area contributed by atoms with Crippen LogP contribution in [0.1, 0.15) is 22.8 Å². The van der Waals surface area contributed by atoms with Crippen molar-refractivity contribution in [3.8, 4) is 6.07 Å². The Bertz CT molecular complexity index is 407. The fourth-order valence-corrected chi connectivity index (χ4v) is 1.01. The van der Waals surface area contributed by atoms with Crippen LogP contribution in [0.25, 0.3) is 0 Å². The number of nitrogens with two attached hydrogens (primary N) is 1. The minimum absolute atomic E-state index is 0.0903. The summed E-state index contributed by atoms with van der Waals surface area (Å²) >= 11 is 0. The molecule has 0 aliphatic carbocycles. The van der Waals surface area contributed by atoms with Gasteiger partial charge in [-0.3, -0.25) is 4.79 Å². The number of ketones is 1. The van der Waals surface area contributed by atoms with Gasteiger partial charge in [0.1, 0.15) is 11.9 Å². The molecule has 1 aromatic carbocycles. The molecule has 0 saturated carbocycles. The first kappa shape index (κ1) is 9.20. The number of hydrogen-bond acceptors (Lipinski definition) is 3. The van der Waals surface area contributed by atoms with Crippen molar-refractivity contribution in [3.05, 3.63) is 29.1 Å². The molecule has 0 aromatic heterocycles. The largest absolute Gasteiger partial charge is 0.395 e. The number of nitrogen functional groups attached to an aromatic ring is 1. The van der Waals surface area contributed by atoms with Gasteiger partial charge in [-0.05, 0) is 19.1 Å². The van der Waals surface area contributed by atoms with Crippen LogP contribution in [0.4, 0.5) is 10.1 Å². The SMILES string of the molecule is CC(=O)c1ccc(F)c(N)c1C#N. The maximum absolute atomic E-state index is 12.8. The van der Waals surface area contributed by atoms with E-state index in [2.05, 4.69) is 0 Å². The van der Waals surface area contributed by atoms with E-state index in [0.717, 1.165) is 6.07 Å². The Labute approximate surface area is 74.6 Å². The Kier molecular flexibility index (Phi) is 2.29. The van der Waals surface area contributed by atoms with Crippen molar-refractivity contribution >= 4 is 11.5 Å². The summed E-state index contributed by atoms with van der Waals surface area (Å²) in [5.74, 6) is -0.982. The van der Waals surface area contributed by atoms with Crippen molar-refractivity contribution in [2.45, 2.75) is 6.92 Å². The molecule has 0 saturated heterocycles. The Morgan fingerprint density at radius 1 is 1.62 bits per heavy atom. The third-order valence-electron chi connectivity index (χ3n) is 1.68. The van der Waals surface area contributed by atoms with Gasteiger partial charge in [0.05, 0.1) is 11.3 Å². The Morgan fingerprint density at radius 3 is 2.69 bits per heavy atom. The second-order valence-corrected chi connectivity index (χ2v) is 2.55. The maximum Gasteiger partial charge on any atom is 0.161 e. The van der Waals surface area contributed by atoms with E-state index in [1.807, 2.05) is 0 Å². The van der Waals surface area contributed by atoms with Gasteiger partial charge >= 0.3 is 0 Å². The summed E-state index contributed by atoms with van der Waals surface area (Å²) in [6, 6.07) is 4.03. The Hall–Kier alpha value is -1.89. The van der Waals surface area contributed by atoms with Crippen LogP contribution in [0.3, 0.4) is 0 Å². The van der Waals surface area contributed by atoms with E-state index in [1.165, 1.54) is 13.0 Å². The lowest BCUT2D eigenvalue weighted by Gasteiger charge is -2.03. The molecule has 4 heteroatoms. The summed E-state index contributed by atoms with van der Waals surface area (Å²) in [7, 11) is 0. The molecule has 0 bridgehead atoms. The van der Waals surface area contributed by atoms with Crippen LogP contribution in [0.15, 0.2) is 12.1 Å². The second kappa shape index (κ2) is 3.23. The average molecular weight is 178 g/mol. The topological polar surface area (TPSA) is 66.9 Å². The smallest absolute Gasteiger partial charge is 0.161 e. The first-order valence-electron chi connectivity index (χ1n) is 3.57. The minimum Gasteiger partial charge on any atom is -0.395 e. The number of carbonyl (C=O) groups is 1. The van der Waals surface area contributed by atoms with Crippen molar-refractivity contribution in [1.82, 2.24) is 0 Å². The molecule has 1 aromatic rings. The molecule has 0 aliphatic rings. The highest BCUT2D eigenvalue weighted by atomic mass is 19.1. The van der Waals surface area contributed by atoms with Gasteiger partial charge < -0.3 is 5.73 Å². The van der Waals surface area contributed by atoms with Gasteiger partial charge in [0.2, 0.25) is 0 Å². The predicted molar refractivity (Wildman–Crippen MR) is 45.5 cm³/mol. The molecule has 3 nitrogen and oxygen atoms in total. The molecule has 0 radical (unpaired) electrons. The Morgan fingerprint density at radius 2 is 2.23 bits per heavy atom. The van der Waals surface area contributed by atoms with E-state index in [-0.39, 0.29) is 22.6 Å². The summed E-state index contributed by atoms with van der Waals surface area (Å²) in [4.78, 5) is 11.0. The van der Waals surface area contributed by atoms with E-state index in [9.17, 15) is 9.18 Å². The lowest BCUT2D eigenvalue weighted by Crippen LogP contribution is -2.03. The van der Waals surface area contributed by atoms with Crippen molar-refractivity contribution in [2.24, 2.45) is 0 Å². The first-order chi connectivity index (χ1) is 6.07. The van der Waals surface area contributed by atoms with Crippen LogP contribution in [0, 0.1) is 17.1 Å². The first-order valence-corrected chi connectivity index (χ1v) is 3.57. The van der Waals surface area contributed by atoms with Gasteiger partial charge in [0.15, 0.2) is 5.78 Å². The number of benzene rings is 1. The minimum atomic E-state index is -0.679. The fourth-order valence-electron chi connectivity index (χ4n) is 1.01. The van der Waals surface area contributed by atoms with Gasteiger partial charge in [-0.1, -0.05) is 0 Å². The van der Waals surface area contributed by atoms with E-state index in [0.29, 0.717) is 0 Å². The predicted octanol–water partition coefficient (Wildman–Crippen LogP) is 1.48. The number of carbonyl (C=O) groups excluding carboxylic acids is 1. The number of nitriles is 1. The molecule has 0 amide bonds. The van der Waals surface area contributed by atoms with Gasteiger partial charge in [0, 0.05) is 5.56 Å². The highest BCUT2D eigenvalue weighted by Gasteiger charge is 2.12. The number of Topliss-reactive ketones (excluding diaryl/α,β-unsaturated/α-hetero) is 1. The summed E-state index contributed by atoms with van der Waals surface area (Å²) in [6.45, 7) is 1.30. The number of hydrogen-bond donors (Lipinski definition) is 1. The lowest BCUT2D eigenvalue weighted by atomic mass is 10.0. The van der Waals surface area contributed by atoms with Crippen LogP contribution in [-0.4, -0.2) is 5.78 Å². The monoisotopic (exact) mass is 178 g/mol. The molecule has 0 spiro atoms. The van der Waals surface area contributed by atoms with Crippen molar-refractivity contribution < 1.29 is 9.18 Å². The van der Waals surface area contributed by atoms with Gasteiger partial charge in [-0.2, -0.15) is 5.26 Å². The van der Waals surface area contributed by atoms with Crippen molar-refractivity contribution in [2.75, 3.05) is 5.73 Å². The number of rotatable bonds is 1. The highest BCUT2D eigenvalue weighted by molar-refractivity contribution is 5.98. The lowest BCUT2D eigenvalue weighted by molar-refractivity contribution is 0.101. The van der Waals surface area contributed by atoms with Crippen LogP contribution in [-0.2, 0) is 0 Å². The van der Waals surface area contributed by atoms with Crippen molar-refractivity contribution in [1.29, 1.82) is 5.26 Å². The second-order valence-electron chi connectivity index (χ2n) is 2.55. The molecular formula is C9H7FN2O. The van der Waals surface area contributed by atoms with Crippen LogP contribution < -0.4 is 5.73 Å². The number of anilines is 1. The van der Waals surface area contributed by atoms with Crippen LogP contribution >= 0.6 is 0 Å². The standard InChI is InChI=1S/C9H7FN2O/c1-5(13)6-2-3-8(10)9(12)7(6)4-11/h2-3H,12H2,1H3. The molecule has 1 rings (SSSR count). The zero-order chi connectivity index (χ0) is 10.0. The molecule has 66 valence electrons. The third-order valence-corrected chi connectivity index (χ3v) is 1.68. The summed E-state index contributed by atoms with van der Waals surface area (Å²) in [5.41, 5.74) is 5.08. The molecule has 0 fully saturated rings. The zero-order valence-corrected chi connectivity index (χ0v) is 6.97. The highest BCUT2D eigenvalue weighted by Crippen LogP contribution is 2.19. The van der Waals surface area contributed by atoms with E-state index in [4.69, 9.17) is 11.0 Å². The molecule has 13 heavy (non-hydrogen) atoms. The summed E-state index contributed by atoms with van der Waals surface area (Å²) in [5, 5.41) is 8.62.